The molecule has 0 saturated heterocycles. The number of unbranched alkanes of at least 4 members (excludes halogenated alkanes) is 25. The Labute approximate surface area is 290 Å². The van der Waals surface area contributed by atoms with Gasteiger partial charge in [-0.15, -0.1) is 0 Å². The van der Waals surface area contributed by atoms with Gasteiger partial charge >= 0.3 is 0 Å². The molecule has 0 spiro atoms. The monoisotopic (exact) mass is 654 g/mol. The molecule has 0 aromatic rings. The summed E-state index contributed by atoms with van der Waals surface area (Å²) < 4.78 is 12.0. The van der Waals surface area contributed by atoms with Crippen molar-refractivity contribution in [3.63, 3.8) is 0 Å². The van der Waals surface area contributed by atoms with E-state index in [0.29, 0.717) is 0 Å². The van der Waals surface area contributed by atoms with Gasteiger partial charge in [0.2, 0.25) is 0 Å². The van der Waals surface area contributed by atoms with E-state index in [2.05, 4.69) is 26.1 Å². The van der Waals surface area contributed by atoms with Crippen molar-refractivity contribution < 1.29 is 14.6 Å². The molecule has 2 N–H and O–H groups in total. The zero-order chi connectivity index (χ0) is 33.4. The third-order valence-corrected chi connectivity index (χ3v) is 9.70. The van der Waals surface area contributed by atoms with Crippen molar-refractivity contribution >= 4 is 0 Å². The van der Waals surface area contributed by atoms with Gasteiger partial charge in [0.1, 0.15) is 0 Å². The second-order valence-corrected chi connectivity index (χ2v) is 14.5. The van der Waals surface area contributed by atoms with Crippen LogP contribution in [0.15, 0.2) is 0 Å². The van der Waals surface area contributed by atoms with Gasteiger partial charge in [0, 0.05) is 13.2 Å². The minimum absolute atomic E-state index is 0.251. The van der Waals surface area contributed by atoms with Gasteiger partial charge in [0.05, 0.1) is 6.10 Å². The first kappa shape index (κ1) is 45.8. The first-order valence-electron chi connectivity index (χ1n) is 21.4. The molecule has 0 fully saturated rings. The van der Waals surface area contributed by atoms with Gasteiger partial charge in [0.15, 0.2) is 6.29 Å². The van der Waals surface area contributed by atoms with Crippen molar-refractivity contribution in [1.82, 2.24) is 5.32 Å². The van der Waals surface area contributed by atoms with Crippen molar-refractivity contribution in [3.8, 4) is 0 Å². The Hall–Kier alpha value is -0.160. The zero-order valence-electron chi connectivity index (χ0n) is 32.1. The van der Waals surface area contributed by atoms with Crippen LogP contribution in [0.2, 0.25) is 0 Å². The topological polar surface area (TPSA) is 50.7 Å². The van der Waals surface area contributed by atoms with E-state index in [1.165, 1.54) is 186 Å². The Morgan fingerprint density at radius 1 is 0.391 bits per heavy atom. The Balaban J connectivity index is 3.56. The summed E-state index contributed by atoms with van der Waals surface area (Å²) in [6, 6.07) is 0. The second kappa shape index (κ2) is 41.0. The molecule has 1 unspecified atom stereocenters. The quantitative estimate of drug-likeness (QED) is 0.0509. The van der Waals surface area contributed by atoms with Crippen molar-refractivity contribution in [2.75, 3.05) is 26.3 Å². The van der Waals surface area contributed by atoms with Crippen LogP contribution in [0.3, 0.4) is 0 Å². The average Bonchev–Trinajstić information content (AvgIpc) is 3.06. The predicted octanol–water partition coefficient (Wildman–Crippen LogP) is 13.2. The lowest BCUT2D eigenvalue weighted by atomic mass is 10.0. The lowest BCUT2D eigenvalue weighted by Gasteiger charge is -2.22. The van der Waals surface area contributed by atoms with Crippen LogP contribution < -0.4 is 5.32 Å². The van der Waals surface area contributed by atoms with Crippen molar-refractivity contribution in [1.29, 1.82) is 0 Å². The summed E-state index contributed by atoms with van der Waals surface area (Å²) in [5.74, 6) is 0. The molecule has 1 atom stereocenters. The summed E-state index contributed by atoms with van der Waals surface area (Å²) in [6.45, 7) is 11.1. The van der Waals surface area contributed by atoms with Crippen LogP contribution in [-0.2, 0) is 9.47 Å². The Kier molecular flexibility index (Phi) is 40.9. The highest BCUT2D eigenvalue weighted by molar-refractivity contribution is 4.62. The van der Waals surface area contributed by atoms with Crippen molar-refractivity contribution in [2.24, 2.45) is 0 Å². The first-order valence-corrected chi connectivity index (χ1v) is 21.4. The number of nitrogens with one attached hydrogen (secondary N) is 1. The van der Waals surface area contributed by atoms with E-state index in [1.54, 1.807) is 0 Å². The largest absolute Gasteiger partial charge is 0.381 e. The molecule has 0 amide bonds. The van der Waals surface area contributed by atoms with Gasteiger partial charge in [-0.1, -0.05) is 181 Å². The highest BCUT2D eigenvalue weighted by Gasteiger charge is 2.14. The summed E-state index contributed by atoms with van der Waals surface area (Å²) >= 11 is 0. The van der Waals surface area contributed by atoms with Crippen molar-refractivity contribution in [3.05, 3.63) is 0 Å². The fourth-order valence-corrected chi connectivity index (χ4v) is 6.52. The molecule has 278 valence electrons. The molecule has 0 aliphatic rings. The predicted molar refractivity (Wildman–Crippen MR) is 204 cm³/mol. The second-order valence-electron chi connectivity index (χ2n) is 14.5. The van der Waals surface area contributed by atoms with Crippen LogP contribution in [0.5, 0.6) is 0 Å². The van der Waals surface area contributed by atoms with Crippen LogP contribution >= 0.6 is 0 Å². The Bertz CT molecular complexity index is 515. The lowest BCUT2D eigenvalue weighted by Crippen LogP contribution is -2.22. The van der Waals surface area contributed by atoms with E-state index in [4.69, 9.17) is 9.47 Å². The van der Waals surface area contributed by atoms with Crippen LogP contribution in [-0.4, -0.2) is 43.8 Å². The highest BCUT2D eigenvalue weighted by Crippen LogP contribution is 2.19. The molecule has 0 heterocycles. The molecular formula is C42H87NO3. The molecule has 0 aromatic heterocycles. The third kappa shape index (κ3) is 38.3. The van der Waals surface area contributed by atoms with Gasteiger partial charge in [-0.25, -0.2) is 0 Å². The fourth-order valence-electron chi connectivity index (χ4n) is 6.52. The van der Waals surface area contributed by atoms with Gasteiger partial charge in [-0.05, 0) is 64.5 Å². The molecule has 46 heavy (non-hydrogen) atoms. The number of ether oxygens (including phenoxy) is 2. The standard InChI is InChI=1S/C42H87NO3/c1-4-7-10-13-16-17-18-25-32-39-45-40-33-26-24-31-38-43-37-30-23-19-22-29-36-42(44)46-41(34-27-20-14-11-8-5-2)35-28-21-15-12-9-6-3/h41-44H,4-40H2,1-3H3. The third-order valence-electron chi connectivity index (χ3n) is 9.70. The average molecular weight is 654 g/mol. The Morgan fingerprint density at radius 3 is 1.13 bits per heavy atom. The van der Waals surface area contributed by atoms with Crippen LogP contribution in [0.4, 0.5) is 0 Å². The molecule has 4 heteroatoms. The minimum atomic E-state index is -0.571. The fraction of sp³-hybridized carbons (Fsp3) is 1.00. The van der Waals surface area contributed by atoms with Crippen LogP contribution in [0.25, 0.3) is 0 Å². The van der Waals surface area contributed by atoms with E-state index >= 15 is 0 Å². The molecule has 0 saturated carbocycles. The molecule has 0 rings (SSSR count). The summed E-state index contributed by atoms with van der Waals surface area (Å²) in [4.78, 5) is 0. The highest BCUT2D eigenvalue weighted by atomic mass is 16.6. The van der Waals surface area contributed by atoms with Crippen molar-refractivity contribution in [2.45, 2.75) is 245 Å². The minimum Gasteiger partial charge on any atom is -0.381 e. The molecule has 0 aliphatic carbocycles. The summed E-state index contributed by atoms with van der Waals surface area (Å²) in [7, 11) is 0. The lowest BCUT2D eigenvalue weighted by molar-refractivity contribution is -0.144. The maximum atomic E-state index is 10.6. The van der Waals surface area contributed by atoms with Gasteiger partial charge in [0.25, 0.3) is 0 Å². The molecular weight excluding hydrogens is 566 g/mol. The molecule has 0 aliphatic heterocycles. The van der Waals surface area contributed by atoms with Gasteiger partial charge in [-0.3, -0.25) is 0 Å². The molecule has 4 nitrogen and oxygen atoms in total. The van der Waals surface area contributed by atoms with E-state index in [9.17, 15) is 5.11 Å². The number of hydrogen-bond donors (Lipinski definition) is 2. The molecule has 0 aromatic carbocycles. The number of hydrogen-bond acceptors (Lipinski definition) is 4. The molecule has 0 bridgehead atoms. The van der Waals surface area contributed by atoms with Crippen LogP contribution in [0, 0.1) is 0 Å². The van der Waals surface area contributed by atoms with Gasteiger partial charge in [-0.2, -0.15) is 0 Å². The first-order chi connectivity index (χ1) is 22.7. The summed E-state index contributed by atoms with van der Waals surface area (Å²) in [5.41, 5.74) is 0. The number of rotatable bonds is 41. The number of aliphatic hydroxyl groups excluding tert-OH is 1. The van der Waals surface area contributed by atoms with Gasteiger partial charge < -0.3 is 19.9 Å². The SMILES string of the molecule is CCCCCCCCCCCOCCCCCCNCCCCCCCC(O)OC(CCCCCCCC)CCCCCCCC. The van der Waals surface area contributed by atoms with E-state index < -0.39 is 6.29 Å². The van der Waals surface area contributed by atoms with Crippen LogP contribution in [0.1, 0.15) is 233 Å². The van der Waals surface area contributed by atoms with E-state index in [-0.39, 0.29) is 6.10 Å². The molecule has 0 radical (unpaired) electrons. The number of aliphatic hydroxyl groups is 1. The zero-order valence-corrected chi connectivity index (χ0v) is 32.1. The normalized spacial score (nSPS) is 12.5. The Morgan fingerprint density at radius 2 is 0.717 bits per heavy atom. The summed E-state index contributed by atoms with van der Waals surface area (Å²) in [5, 5.41) is 14.2. The maximum absolute atomic E-state index is 10.6. The maximum Gasteiger partial charge on any atom is 0.154 e. The van der Waals surface area contributed by atoms with E-state index in [1.807, 2.05) is 0 Å². The van der Waals surface area contributed by atoms with E-state index in [0.717, 1.165) is 52.0 Å². The smallest absolute Gasteiger partial charge is 0.154 e. The summed E-state index contributed by atoms with van der Waals surface area (Å²) in [6.07, 6.45) is 42.3.